The molecular weight excluding hydrogens is 267 g/mol. The first-order chi connectivity index (χ1) is 10.1. The summed E-state index contributed by atoms with van der Waals surface area (Å²) in [7, 11) is 0. The van der Waals surface area contributed by atoms with E-state index in [9.17, 15) is 4.39 Å². The number of nitrogens with two attached hydrogens (primary N) is 2. The van der Waals surface area contributed by atoms with Gasteiger partial charge in [0.25, 0.3) is 0 Å². The summed E-state index contributed by atoms with van der Waals surface area (Å²) in [5.74, 6) is -0.164. The normalized spacial score (nSPS) is 21.0. The third kappa shape index (κ3) is 2.85. The van der Waals surface area contributed by atoms with Crippen molar-refractivity contribution < 1.29 is 9.13 Å². The zero-order chi connectivity index (χ0) is 14.8. The van der Waals surface area contributed by atoms with Gasteiger partial charge in [-0.05, 0) is 36.5 Å². The summed E-state index contributed by atoms with van der Waals surface area (Å²) in [6, 6.07) is 12.9. The van der Waals surface area contributed by atoms with E-state index in [0.717, 1.165) is 18.4 Å². The van der Waals surface area contributed by atoms with Crippen LogP contribution >= 0.6 is 0 Å². The second kappa shape index (κ2) is 5.74. The lowest BCUT2D eigenvalue weighted by atomic mass is 9.76. The van der Waals surface area contributed by atoms with Gasteiger partial charge in [0, 0.05) is 5.56 Å². The van der Waals surface area contributed by atoms with Crippen molar-refractivity contribution in [1.82, 2.24) is 0 Å². The highest BCUT2D eigenvalue weighted by molar-refractivity contribution is 5.68. The number of ether oxygens (including phenoxy) is 1. The first-order valence-electron chi connectivity index (χ1n) is 7.14. The average Bonchev–Trinajstić information content (AvgIpc) is 2.45. The van der Waals surface area contributed by atoms with E-state index in [2.05, 4.69) is 0 Å². The van der Waals surface area contributed by atoms with Gasteiger partial charge in [0.05, 0.1) is 24.1 Å². The van der Waals surface area contributed by atoms with Crippen LogP contribution in [-0.2, 0) is 11.3 Å². The molecule has 2 aromatic carbocycles. The highest BCUT2D eigenvalue weighted by atomic mass is 19.1. The van der Waals surface area contributed by atoms with Crippen LogP contribution in [0.1, 0.15) is 29.9 Å². The molecule has 0 bridgehead atoms. The average molecular weight is 286 g/mol. The van der Waals surface area contributed by atoms with E-state index < -0.39 is 0 Å². The van der Waals surface area contributed by atoms with Crippen LogP contribution in [0, 0.1) is 5.82 Å². The lowest BCUT2D eigenvalue weighted by Gasteiger charge is -2.36. The van der Waals surface area contributed by atoms with Crippen LogP contribution in [0.4, 0.5) is 15.8 Å². The minimum atomic E-state index is -0.270. The molecule has 0 aromatic heterocycles. The van der Waals surface area contributed by atoms with Gasteiger partial charge in [-0.1, -0.05) is 30.3 Å². The topological polar surface area (TPSA) is 61.3 Å². The predicted octanol–water partition coefficient (Wildman–Crippen LogP) is 3.45. The number of anilines is 2. The standard InChI is InChI=1S/C17H19FN2O/c18-14-6-7-15(19)17(20)16(14)12-8-13(9-12)21-10-11-4-2-1-3-5-11/h1-7,12-13H,8-10,19-20H2/t12-,13-. The van der Waals surface area contributed by atoms with E-state index in [0.29, 0.717) is 23.5 Å². The Bertz CT molecular complexity index is 624. The van der Waals surface area contributed by atoms with Gasteiger partial charge in [0.15, 0.2) is 0 Å². The van der Waals surface area contributed by atoms with Gasteiger partial charge in [0.2, 0.25) is 0 Å². The molecule has 0 heterocycles. The molecule has 3 nitrogen and oxygen atoms in total. The molecule has 0 atom stereocenters. The van der Waals surface area contributed by atoms with Gasteiger partial charge in [-0.25, -0.2) is 4.39 Å². The number of benzene rings is 2. The van der Waals surface area contributed by atoms with Gasteiger partial charge in [0.1, 0.15) is 5.82 Å². The molecule has 0 amide bonds. The Morgan fingerprint density at radius 1 is 1.05 bits per heavy atom. The summed E-state index contributed by atoms with van der Waals surface area (Å²) >= 11 is 0. The first kappa shape index (κ1) is 13.9. The van der Waals surface area contributed by atoms with Crippen LogP contribution in [0.25, 0.3) is 0 Å². The van der Waals surface area contributed by atoms with Gasteiger partial charge in [-0.3, -0.25) is 0 Å². The van der Waals surface area contributed by atoms with Gasteiger partial charge in [-0.15, -0.1) is 0 Å². The van der Waals surface area contributed by atoms with Crippen molar-refractivity contribution in [3.05, 3.63) is 59.4 Å². The number of nitrogen functional groups attached to an aromatic ring is 2. The molecule has 0 radical (unpaired) electrons. The van der Waals surface area contributed by atoms with Crippen molar-refractivity contribution in [3.8, 4) is 0 Å². The van der Waals surface area contributed by atoms with Crippen molar-refractivity contribution in [2.45, 2.75) is 31.5 Å². The molecule has 21 heavy (non-hydrogen) atoms. The number of hydrogen-bond acceptors (Lipinski definition) is 3. The summed E-state index contributed by atoms with van der Waals surface area (Å²) in [4.78, 5) is 0. The van der Waals surface area contributed by atoms with Crippen LogP contribution in [0.3, 0.4) is 0 Å². The Labute approximate surface area is 123 Å². The Balaban J connectivity index is 1.58. The summed E-state index contributed by atoms with van der Waals surface area (Å²) in [5.41, 5.74) is 14.2. The highest BCUT2D eigenvalue weighted by Gasteiger charge is 2.34. The molecule has 1 aliphatic carbocycles. The van der Waals surface area contributed by atoms with Crippen LogP contribution in [0.15, 0.2) is 42.5 Å². The number of halogens is 1. The van der Waals surface area contributed by atoms with Crippen LogP contribution in [-0.4, -0.2) is 6.10 Å². The minimum Gasteiger partial charge on any atom is -0.397 e. The maximum Gasteiger partial charge on any atom is 0.128 e. The Kier molecular flexibility index (Phi) is 3.80. The third-order valence-electron chi connectivity index (χ3n) is 4.10. The molecule has 4 heteroatoms. The Morgan fingerprint density at radius 3 is 2.48 bits per heavy atom. The zero-order valence-electron chi connectivity index (χ0n) is 11.8. The number of hydrogen-bond donors (Lipinski definition) is 2. The Morgan fingerprint density at radius 2 is 1.76 bits per heavy atom. The molecule has 1 fully saturated rings. The first-order valence-corrected chi connectivity index (χ1v) is 7.14. The maximum absolute atomic E-state index is 13.9. The largest absolute Gasteiger partial charge is 0.397 e. The second-order valence-electron chi connectivity index (χ2n) is 5.55. The summed E-state index contributed by atoms with van der Waals surface area (Å²) in [5, 5.41) is 0. The second-order valence-corrected chi connectivity index (χ2v) is 5.55. The molecular formula is C17H19FN2O. The van der Waals surface area contributed by atoms with E-state index in [4.69, 9.17) is 16.2 Å². The molecule has 0 aliphatic heterocycles. The molecule has 0 saturated heterocycles. The van der Waals surface area contributed by atoms with E-state index in [1.165, 1.54) is 12.1 Å². The van der Waals surface area contributed by atoms with E-state index in [1.54, 1.807) is 0 Å². The highest BCUT2D eigenvalue weighted by Crippen LogP contribution is 2.43. The fourth-order valence-corrected chi connectivity index (χ4v) is 2.77. The fraction of sp³-hybridized carbons (Fsp3) is 0.294. The van der Waals surface area contributed by atoms with Crippen molar-refractivity contribution >= 4 is 11.4 Å². The molecule has 2 aromatic rings. The molecule has 1 saturated carbocycles. The third-order valence-corrected chi connectivity index (χ3v) is 4.10. The molecule has 0 spiro atoms. The molecule has 0 unspecified atom stereocenters. The molecule has 4 N–H and O–H groups in total. The van der Waals surface area contributed by atoms with Crippen molar-refractivity contribution in [2.24, 2.45) is 0 Å². The zero-order valence-corrected chi connectivity index (χ0v) is 11.8. The van der Waals surface area contributed by atoms with Crippen LogP contribution in [0.2, 0.25) is 0 Å². The number of rotatable bonds is 4. The maximum atomic E-state index is 13.9. The van der Waals surface area contributed by atoms with Gasteiger partial charge in [-0.2, -0.15) is 0 Å². The van der Waals surface area contributed by atoms with E-state index in [1.807, 2.05) is 30.3 Å². The van der Waals surface area contributed by atoms with Crippen LogP contribution in [0.5, 0.6) is 0 Å². The van der Waals surface area contributed by atoms with Gasteiger partial charge >= 0.3 is 0 Å². The van der Waals surface area contributed by atoms with Crippen molar-refractivity contribution in [1.29, 1.82) is 0 Å². The molecule has 1 aliphatic rings. The monoisotopic (exact) mass is 286 g/mol. The molecule has 3 rings (SSSR count). The smallest absolute Gasteiger partial charge is 0.128 e. The Hall–Kier alpha value is -2.07. The summed E-state index contributed by atoms with van der Waals surface area (Å²) < 4.78 is 19.7. The van der Waals surface area contributed by atoms with Crippen molar-refractivity contribution in [3.63, 3.8) is 0 Å². The quantitative estimate of drug-likeness (QED) is 0.846. The lowest BCUT2D eigenvalue weighted by Crippen LogP contribution is -2.31. The minimum absolute atomic E-state index is 0.106. The van der Waals surface area contributed by atoms with Gasteiger partial charge < -0.3 is 16.2 Å². The SMILES string of the molecule is Nc1ccc(F)c([C@H]2C[C@H](OCc3ccccc3)C2)c1N. The lowest BCUT2D eigenvalue weighted by molar-refractivity contribution is -0.0211. The predicted molar refractivity (Wildman–Crippen MR) is 82.2 cm³/mol. The van der Waals surface area contributed by atoms with Crippen LogP contribution < -0.4 is 11.5 Å². The van der Waals surface area contributed by atoms with Crippen molar-refractivity contribution in [2.75, 3.05) is 11.5 Å². The van der Waals surface area contributed by atoms with E-state index >= 15 is 0 Å². The van der Waals surface area contributed by atoms with E-state index in [-0.39, 0.29) is 17.8 Å². The molecule has 110 valence electrons. The summed E-state index contributed by atoms with van der Waals surface area (Å²) in [6.07, 6.45) is 1.74. The fourth-order valence-electron chi connectivity index (χ4n) is 2.77. The summed E-state index contributed by atoms with van der Waals surface area (Å²) in [6.45, 7) is 0.590.